The maximum Gasteiger partial charge on any atom is 0.410 e. The van der Waals surface area contributed by atoms with Crippen LogP contribution in [0.15, 0.2) is 30.3 Å². The monoisotopic (exact) mass is 1540 g/mol. The maximum atomic E-state index is 14.4. The smallest absolute Gasteiger partial charge is 0.410 e. The molecule has 610 valence electrons. The Morgan fingerprint density at radius 3 is 0.622 bits per heavy atom. The molecule has 0 radical (unpaired) electrons. The fraction of sp³-hybridized carbons (Fsp3) is 0.774. The van der Waals surface area contributed by atoms with Gasteiger partial charge in [-0.15, -0.1) is 0 Å². The van der Waals surface area contributed by atoms with Gasteiger partial charge in [-0.25, -0.2) is 4.79 Å². The van der Waals surface area contributed by atoms with Crippen LogP contribution in [0.25, 0.3) is 0 Å². The normalized spacial score (nSPS) is 28.3. The van der Waals surface area contributed by atoms with Crippen molar-refractivity contribution in [1.82, 2.24) is 58.8 Å². The molecule has 12 atom stereocenters. The van der Waals surface area contributed by atoms with Crippen LogP contribution in [0.3, 0.4) is 0 Å². The van der Waals surface area contributed by atoms with Crippen LogP contribution in [0.1, 0.15) is 257 Å². The number of carbonyl (C=O) groups excluding carboxylic acids is 13. The largest absolute Gasteiger partial charge is 0.461 e. The van der Waals surface area contributed by atoms with Crippen LogP contribution in [0, 0.1) is 0 Å². The van der Waals surface area contributed by atoms with Crippen molar-refractivity contribution >= 4 is 77.0 Å². The second-order valence-electron chi connectivity index (χ2n) is 35.3. The highest BCUT2D eigenvalue weighted by molar-refractivity contribution is 5.88. The molecule has 0 spiro atoms. The molecule has 27 nitrogen and oxygen atoms in total. The van der Waals surface area contributed by atoms with E-state index in [4.69, 9.17) is 9.47 Å². The molecule has 0 unspecified atom stereocenters. The van der Waals surface area contributed by atoms with E-state index in [2.05, 4.69) is 0 Å². The minimum absolute atomic E-state index is 0.0521. The molecular formula is C84H124N12O15. The fourth-order valence-electron chi connectivity index (χ4n) is 21.2. The first-order valence-electron chi connectivity index (χ1n) is 42.9. The number of amides is 12. The highest BCUT2D eigenvalue weighted by Gasteiger charge is 2.46. The van der Waals surface area contributed by atoms with Crippen LogP contribution in [0.5, 0.6) is 0 Å². The van der Waals surface area contributed by atoms with Crippen molar-refractivity contribution < 1.29 is 71.8 Å². The molecule has 12 aliphatic rings. The lowest BCUT2D eigenvalue weighted by Gasteiger charge is -2.33. The molecule has 12 saturated heterocycles. The predicted molar refractivity (Wildman–Crippen MR) is 410 cm³/mol. The molecule has 0 aliphatic carbocycles. The first kappa shape index (κ1) is 81.2. The highest BCUT2D eigenvalue weighted by atomic mass is 16.6. The summed E-state index contributed by atoms with van der Waals surface area (Å²) in [5.74, 6) is -1.05. The van der Waals surface area contributed by atoms with Crippen molar-refractivity contribution in [3.8, 4) is 0 Å². The van der Waals surface area contributed by atoms with Gasteiger partial charge in [0.05, 0.1) is 6.42 Å². The predicted octanol–water partition coefficient (Wildman–Crippen LogP) is 7.71. The SMILES string of the molecule is CC(C)(C)OC(=O)N1CCC[C@H]1CC(=O)N1CCC[C@H]1CC(=O)N1CCC[C@H]1CC(=O)N1CCC[C@H]1CC(=O)N1CCC[C@H]1CC(=O)N1CCC[C@H]1CC(=O)N1CCC[C@H]1CC(=O)N1CCC[C@H]1CC(=O)N1CCC[C@H]1CC(=O)N1CCC[C@H]1CC(=O)N1CCC[C@H]1CC(=O)N1CCC[C@H]1CC(=O)OCc1ccccc1. The number of rotatable bonds is 26. The molecule has 0 bridgehead atoms. The fourth-order valence-corrected chi connectivity index (χ4v) is 21.2. The van der Waals surface area contributed by atoms with Crippen LogP contribution in [0.4, 0.5) is 4.79 Å². The molecule has 1 aromatic rings. The van der Waals surface area contributed by atoms with Gasteiger partial charge in [0, 0.05) is 222 Å². The average Bonchev–Trinajstić information content (AvgIpc) is 1.70. The maximum absolute atomic E-state index is 14.4. The summed E-state index contributed by atoms with van der Waals surface area (Å²) in [5, 5.41) is 0. The van der Waals surface area contributed by atoms with Gasteiger partial charge < -0.3 is 68.3 Å². The van der Waals surface area contributed by atoms with Gasteiger partial charge in [-0.3, -0.25) is 57.5 Å². The third-order valence-corrected chi connectivity index (χ3v) is 26.8. The number of ether oxygens (including phenoxy) is 2. The Hall–Kier alpha value is -7.87. The average molecular weight is 1540 g/mol. The van der Waals surface area contributed by atoms with E-state index in [0.29, 0.717) is 136 Å². The minimum atomic E-state index is -0.643. The van der Waals surface area contributed by atoms with Crippen molar-refractivity contribution in [2.45, 2.75) is 337 Å². The lowest BCUT2D eigenvalue weighted by atomic mass is 10.0. The number of likely N-dealkylation sites (tertiary alicyclic amines) is 12. The van der Waals surface area contributed by atoms with Crippen LogP contribution >= 0.6 is 0 Å². The van der Waals surface area contributed by atoms with E-state index in [9.17, 15) is 62.3 Å². The van der Waals surface area contributed by atoms with Crippen LogP contribution in [0.2, 0.25) is 0 Å². The molecule has 0 aromatic heterocycles. The lowest BCUT2D eigenvalue weighted by Crippen LogP contribution is -2.47. The zero-order valence-corrected chi connectivity index (χ0v) is 66.5. The number of hydrogen-bond donors (Lipinski definition) is 0. The second-order valence-corrected chi connectivity index (χ2v) is 35.3. The van der Waals surface area contributed by atoms with Crippen molar-refractivity contribution in [3.05, 3.63) is 35.9 Å². The Balaban J connectivity index is 0.525. The molecule has 0 saturated carbocycles. The third-order valence-electron chi connectivity index (χ3n) is 26.8. The van der Waals surface area contributed by atoms with Gasteiger partial charge >= 0.3 is 12.1 Å². The van der Waals surface area contributed by atoms with Gasteiger partial charge in [-0.1, -0.05) is 30.3 Å². The number of benzene rings is 1. The van der Waals surface area contributed by atoms with Crippen LogP contribution in [-0.4, -0.2) is 292 Å². The molecule has 12 heterocycles. The Labute approximate surface area is 655 Å². The summed E-state index contributed by atoms with van der Waals surface area (Å²) in [6.45, 7) is 12.2. The summed E-state index contributed by atoms with van der Waals surface area (Å²) in [6, 6.07) is 6.26. The molecule has 12 fully saturated rings. The van der Waals surface area contributed by atoms with Crippen molar-refractivity contribution in [1.29, 1.82) is 0 Å². The Bertz CT molecular complexity index is 3560. The third kappa shape index (κ3) is 20.0. The zero-order chi connectivity index (χ0) is 78.0. The molecule has 12 aliphatic heterocycles. The van der Waals surface area contributed by atoms with E-state index in [1.54, 1.807) is 9.80 Å². The topological polar surface area (TPSA) is 279 Å². The van der Waals surface area contributed by atoms with Crippen molar-refractivity contribution in [3.63, 3.8) is 0 Å². The van der Waals surface area contributed by atoms with Crippen molar-refractivity contribution in [2.24, 2.45) is 0 Å². The lowest BCUT2D eigenvalue weighted by molar-refractivity contribution is -0.148. The second kappa shape index (κ2) is 37.0. The Morgan fingerprint density at radius 2 is 0.432 bits per heavy atom. The molecule has 0 N–H and O–H groups in total. The molecule has 13 rings (SSSR count). The Kier molecular flexibility index (Phi) is 27.0. The summed E-state index contributed by atoms with van der Waals surface area (Å²) in [4.78, 5) is 204. The minimum Gasteiger partial charge on any atom is -0.461 e. The van der Waals surface area contributed by atoms with Gasteiger partial charge in [-0.2, -0.15) is 0 Å². The summed E-state index contributed by atoms with van der Waals surface area (Å²) in [5.41, 5.74) is 0.259. The summed E-state index contributed by atoms with van der Waals surface area (Å²) < 4.78 is 11.2. The van der Waals surface area contributed by atoms with Gasteiger partial charge in [0.25, 0.3) is 0 Å². The van der Waals surface area contributed by atoms with E-state index in [1.165, 1.54) is 0 Å². The van der Waals surface area contributed by atoms with Crippen LogP contribution in [-0.2, 0) is 73.6 Å². The molecule has 1 aromatic carbocycles. The van der Waals surface area contributed by atoms with Crippen molar-refractivity contribution in [2.75, 3.05) is 78.5 Å². The number of hydrogen-bond acceptors (Lipinski definition) is 15. The standard InChI is InChI=1S/C84H124N12O15/c1-84(2,3)111-83(109)96-44-18-31-69(96)55-81(107)94-42-16-29-67(94)53-79(105)92-40-14-27-65(92)51-77(103)90-38-12-25-63(90)49-75(101)88-36-10-23-61(88)47-73(99)86-34-8-21-59(86)45-71(97)85-33-7-22-60(85)46-72(98)87-35-9-24-62(87)48-74(100)89-37-11-26-64(89)50-76(102)91-39-13-28-66(91)52-78(104)93-41-15-30-68(93)54-80(106)95-43-17-32-70(95)56-82(108)110-57-58-19-5-4-6-20-58/h4-6,19-20,59-70H,7-18,21-57H2,1-3H3/t59-,60-,61-,62-,63-,64-,65-,66-,67-,68-,69-,70-/m0/s1. The zero-order valence-electron chi connectivity index (χ0n) is 66.5. The van der Waals surface area contributed by atoms with E-state index >= 15 is 0 Å². The molecule has 27 heteroatoms. The first-order chi connectivity index (χ1) is 53.5. The van der Waals surface area contributed by atoms with E-state index in [0.717, 1.165) is 102 Å². The van der Waals surface area contributed by atoms with E-state index in [1.807, 2.05) is 100 Å². The quantitative estimate of drug-likeness (QED) is 0.0803. The number of nitrogens with zero attached hydrogens (tertiary/aromatic N) is 12. The number of esters is 1. The van der Waals surface area contributed by atoms with E-state index in [-0.39, 0.29) is 227 Å². The molecule has 12 amide bonds. The highest BCUT2D eigenvalue weighted by Crippen LogP contribution is 2.37. The van der Waals surface area contributed by atoms with Gasteiger partial charge in [0.1, 0.15) is 12.2 Å². The van der Waals surface area contributed by atoms with Gasteiger partial charge in [0.15, 0.2) is 0 Å². The van der Waals surface area contributed by atoms with Gasteiger partial charge in [0.2, 0.25) is 65.0 Å². The molecular weight excluding hydrogens is 1420 g/mol. The van der Waals surface area contributed by atoms with E-state index < -0.39 is 11.7 Å². The van der Waals surface area contributed by atoms with Crippen LogP contribution < -0.4 is 0 Å². The summed E-state index contributed by atoms with van der Waals surface area (Å²) in [6.07, 6.45) is 19.3. The summed E-state index contributed by atoms with van der Waals surface area (Å²) in [7, 11) is 0. The summed E-state index contributed by atoms with van der Waals surface area (Å²) >= 11 is 0. The Morgan fingerprint density at radius 1 is 0.261 bits per heavy atom. The first-order valence-corrected chi connectivity index (χ1v) is 42.9. The molecule has 111 heavy (non-hydrogen) atoms. The van der Waals surface area contributed by atoms with Gasteiger partial charge in [-0.05, 0) is 180 Å². The number of carbonyl (C=O) groups is 13.